The van der Waals surface area contributed by atoms with Crippen molar-refractivity contribution in [3.63, 3.8) is 0 Å². The van der Waals surface area contributed by atoms with Crippen LogP contribution in [0.15, 0.2) is 0 Å². The predicted octanol–water partition coefficient (Wildman–Crippen LogP) is 2.16. The Hall–Kier alpha value is -1.26. The number of nitrogens with one attached hydrogen (secondary N) is 1. The fraction of sp³-hybridized carbons (Fsp3) is 0.857. The van der Waals surface area contributed by atoms with E-state index in [2.05, 4.69) is 12.2 Å². The van der Waals surface area contributed by atoms with E-state index in [1.54, 1.807) is 11.8 Å². The maximum atomic E-state index is 12.0. The number of hydrogen-bond acceptors (Lipinski definition) is 3. The summed E-state index contributed by atoms with van der Waals surface area (Å²) >= 11 is 0. The lowest BCUT2D eigenvalue weighted by Gasteiger charge is -2.31. The van der Waals surface area contributed by atoms with Crippen molar-refractivity contribution in [3.05, 3.63) is 0 Å². The first kappa shape index (κ1) is 15.8. The number of esters is 1. The molecule has 0 spiro atoms. The molecule has 0 saturated carbocycles. The Bertz CT molecular complexity index is 328. The van der Waals surface area contributed by atoms with Gasteiger partial charge in [0.05, 0.1) is 0 Å². The molecule has 1 heterocycles. The van der Waals surface area contributed by atoms with E-state index in [4.69, 9.17) is 4.74 Å². The highest BCUT2D eigenvalue weighted by atomic mass is 16.6. The van der Waals surface area contributed by atoms with Gasteiger partial charge in [-0.25, -0.2) is 9.59 Å². The Balaban J connectivity index is 2.41. The average molecular weight is 270 g/mol. The first-order valence-corrected chi connectivity index (χ1v) is 6.97. The first-order valence-electron chi connectivity index (χ1n) is 6.97. The summed E-state index contributed by atoms with van der Waals surface area (Å²) in [4.78, 5) is 25.5. The zero-order valence-electron chi connectivity index (χ0n) is 12.7. The van der Waals surface area contributed by atoms with Crippen LogP contribution in [0.2, 0.25) is 0 Å². The molecule has 0 unspecified atom stereocenters. The molecule has 110 valence electrons. The molecule has 1 aliphatic heterocycles. The summed E-state index contributed by atoms with van der Waals surface area (Å²) < 4.78 is 5.23. The normalized spacial score (nSPS) is 18.9. The van der Waals surface area contributed by atoms with Gasteiger partial charge in [-0.05, 0) is 46.5 Å². The van der Waals surface area contributed by atoms with Gasteiger partial charge in [-0.3, -0.25) is 0 Å². The lowest BCUT2D eigenvalue weighted by Crippen LogP contribution is -2.50. The van der Waals surface area contributed by atoms with Gasteiger partial charge in [-0.15, -0.1) is 0 Å². The second-order valence-electron chi connectivity index (χ2n) is 6.37. The Morgan fingerprint density at radius 1 is 1.26 bits per heavy atom. The minimum atomic E-state index is -0.619. The number of carbonyl (C=O) groups is 2. The molecule has 0 aromatic rings. The lowest BCUT2D eigenvalue weighted by atomic mass is 10.00. The molecule has 1 fully saturated rings. The van der Waals surface area contributed by atoms with Crippen molar-refractivity contribution in [2.24, 2.45) is 5.92 Å². The van der Waals surface area contributed by atoms with Crippen molar-refractivity contribution < 1.29 is 14.3 Å². The first-order chi connectivity index (χ1) is 8.69. The predicted molar refractivity (Wildman–Crippen MR) is 73.8 cm³/mol. The largest absolute Gasteiger partial charge is 0.458 e. The van der Waals surface area contributed by atoms with Crippen LogP contribution in [-0.2, 0) is 9.53 Å². The molecule has 0 bridgehead atoms. The highest BCUT2D eigenvalue weighted by molar-refractivity contribution is 5.83. The quantitative estimate of drug-likeness (QED) is 0.782. The third kappa shape index (κ3) is 5.49. The number of rotatable bonds is 2. The molecular weight excluding hydrogens is 244 g/mol. The topological polar surface area (TPSA) is 58.6 Å². The van der Waals surface area contributed by atoms with Crippen LogP contribution < -0.4 is 5.32 Å². The van der Waals surface area contributed by atoms with Crippen molar-refractivity contribution in [1.29, 1.82) is 0 Å². The molecule has 0 aromatic heterocycles. The third-order valence-corrected chi connectivity index (χ3v) is 3.17. The van der Waals surface area contributed by atoms with Crippen LogP contribution in [0, 0.1) is 5.92 Å². The minimum absolute atomic E-state index is 0.176. The zero-order valence-corrected chi connectivity index (χ0v) is 12.7. The van der Waals surface area contributed by atoms with E-state index in [1.165, 1.54) is 0 Å². The van der Waals surface area contributed by atoms with E-state index in [9.17, 15) is 9.59 Å². The van der Waals surface area contributed by atoms with Gasteiger partial charge in [0.25, 0.3) is 0 Å². The van der Waals surface area contributed by atoms with E-state index in [1.807, 2.05) is 20.8 Å². The number of likely N-dealkylation sites (tertiary alicyclic amines) is 1. The molecule has 1 saturated heterocycles. The second-order valence-corrected chi connectivity index (χ2v) is 6.37. The Labute approximate surface area is 115 Å². The number of hydrogen-bond donors (Lipinski definition) is 1. The van der Waals surface area contributed by atoms with Crippen molar-refractivity contribution in [3.8, 4) is 0 Å². The highest BCUT2D eigenvalue weighted by Gasteiger charge is 2.26. The number of piperidine rings is 1. The van der Waals surface area contributed by atoms with Gasteiger partial charge in [-0.1, -0.05) is 6.92 Å². The number of amides is 2. The van der Waals surface area contributed by atoms with Gasteiger partial charge in [0.1, 0.15) is 11.6 Å². The molecule has 1 aliphatic rings. The van der Waals surface area contributed by atoms with Crippen LogP contribution in [-0.4, -0.2) is 41.6 Å². The SMILES string of the molecule is CC1CCN(C(=O)N[C@@H](C)C(=O)OC(C)(C)C)CC1. The molecule has 19 heavy (non-hydrogen) atoms. The summed E-state index contributed by atoms with van der Waals surface area (Å²) in [6.45, 7) is 10.8. The Morgan fingerprint density at radius 3 is 2.26 bits per heavy atom. The van der Waals surface area contributed by atoms with E-state index >= 15 is 0 Å². The average Bonchev–Trinajstić information content (AvgIpc) is 2.27. The van der Waals surface area contributed by atoms with E-state index in [0.717, 1.165) is 25.9 Å². The van der Waals surface area contributed by atoms with Gasteiger partial charge in [0.2, 0.25) is 0 Å². The van der Waals surface area contributed by atoms with Gasteiger partial charge in [0.15, 0.2) is 0 Å². The molecule has 0 aliphatic carbocycles. The van der Waals surface area contributed by atoms with Crippen LogP contribution in [0.5, 0.6) is 0 Å². The molecule has 0 aromatic carbocycles. The van der Waals surface area contributed by atoms with E-state index in [-0.39, 0.29) is 6.03 Å². The molecule has 5 nitrogen and oxygen atoms in total. The summed E-state index contributed by atoms with van der Waals surface area (Å²) in [5.74, 6) is 0.276. The van der Waals surface area contributed by atoms with Crippen molar-refractivity contribution in [2.75, 3.05) is 13.1 Å². The van der Waals surface area contributed by atoms with Crippen molar-refractivity contribution in [1.82, 2.24) is 10.2 Å². The van der Waals surface area contributed by atoms with Gasteiger partial charge in [-0.2, -0.15) is 0 Å². The smallest absolute Gasteiger partial charge is 0.328 e. The third-order valence-electron chi connectivity index (χ3n) is 3.17. The molecule has 1 atom stereocenters. The summed E-state index contributed by atoms with van der Waals surface area (Å²) in [6.07, 6.45) is 2.04. The number of ether oxygens (including phenoxy) is 1. The summed E-state index contributed by atoms with van der Waals surface area (Å²) in [6, 6.07) is -0.795. The summed E-state index contributed by atoms with van der Waals surface area (Å²) in [5.41, 5.74) is -0.531. The molecule has 1 N–H and O–H groups in total. The monoisotopic (exact) mass is 270 g/mol. The molecular formula is C14H26N2O3. The standard InChI is InChI=1S/C14H26N2O3/c1-10-6-8-16(9-7-10)13(18)15-11(2)12(17)19-14(3,4)5/h10-11H,6-9H2,1-5H3,(H,15,18)/t11-/m0/s1. The summed E-state index contributed by atoms with van der Waals surface area (Å²) in [5, 5.41) is 2.70. The van der Waals surface area contributed by atoms with Crippen LogP contribution >= 0.6 is 0 Å². The van der Waals surface area contributed by atoms with Gasteiger partial charge >= 0.3 is 12.0 Å². The summed E-state index contributed by atoms with van der Waals surface area (Å²) in [7, 11) is 0. The van der Waals surface area contributed by atoms with E-state index < -0.39 is 17.6 Å². The van der Waals surface area contributed by atoms with Gasteiger partial charge < -0.3 is 15.0 Å². The fourth-order valence-electron chi connectivity index (χ4n) is 1.94. The number of nitrogens with zero attached hydrogens (tertiary/aromatic N) is 1. The Morgan fingerprint density at radius 2 is 1.79 bits per heavy atom. The molecule has 1 rings (SSSR count). The molecule has 5 heteroatoms. The van der Waals surface area contributed by atoms with Crippen LogP contribution in [0.3, 0.4) is 0 Å². The second kappa shape index (κ2) is 6.26. The number of carbonyl (C=O) groups excluding carboxylic acids is 2. The maximum absolute atomic E-state index is 12.0. The number of urea groups is 1. The minimum Gasteiger partial charge on any atom is -0.458 e. The lowest BCUT2D eigenvalue weighted by molar-refractivity contribution is -0.156. The Kier molecular flexibility index (Phi) is 5.20. The van der Waals surface area contributed by atoms with Crippen LogP contribution in [0.1, 0.15) is 47.5 Å². The van der Waals surface area contributed by atoms with Crippen molar-refractivity contribution >= 4 is 12.0 Å². The van der Waals surface area contributed by atoms with Crippen LogP contribution in [0.4, 0.5) is 4.79 Å². The fourth-order valence-corrected chi connectivity index (χ4v) is 1.94. The molecule has 2 amide bonds. The molecule has 0 radical (unpaired) electrons. The van der Waals surface area contributed by atoms with Crippen molar-refractivity contribution in [2.45, 2.75) is 59.1 Å². The highest BCUT2D eigenvalue weighted by Crippen LogP contribution is 2.16. The zero-order chi connectivity index (χ0) is 14.6. The van der Waals surface area contributed by atoms with E-state index in [0.29, 0.717) is 5.92 Å². The maximum Gasteiger partial charge on any atom is 0.328 e. The van der Waals surface area contributed by atoms with Gasteiger partial charge in [0, 0.05) is 13.1 Å². The van der Waals surface area contributed by atoms with Crippen LogP contribution in [0.25, 0.3) is 0 Å².